The maximum atomic E-state index is 14.0. The fourth-order valence-electron chi connectivity index (χ4n) is 11.5. The summed E-state index contributed by atoms with van der Waals surface area (Å²) < 4.78 is 11.8. The quantitative estimate of drug-likeness (QED) is 0.0143. The van der Waals surface area contributed by atoms with Gasteiger partial charge in [-0.1, -0.05) is 164 Å². The summed E-state index contributed by atoms with van der Waals surface area (Å²) in [6.45, 7) is 3.86. The Labute approximate surface area is 539 Å². The van der Waals surface area contributed by atoms with Crippen LogP contribution in [0.4, 0.5) is 0 Å². The third kappa shape index (κ3) is 20.4. The number of benzene rings is 8. The average molecular weight is 1240 g/mol. The number of guanidine groups is 2. The Balaban J connectivity index is 0.000000217. The molecule has 10 rings (SSSR count). The van der Waals surface area contributed by atoms with Gasteiger partial charge >= 0.3 is 0 Å². The first-order chi connectivity index (χ1) is 44.9. The van der Waals surface area contributed by atoms with E-state index < -0.39 is 12.1 Å². The first-order valence-corrected chi connectivity index (χ1v) is 31.5. The van der Waals surface area contributed by atoms with E-state index in [4.69, 9.17) is 32.4 Å². The number of aliphatic imine (C=N–C) groups is 2. The van der Waals surface area contributed by atoms with Crippen LogP contribution in [0.5, 0.6) is 23.0 Å². The molecule has 0 radical (unpaired) electrons. The molecule has 2 aliphatic heterocycles. The number of nitrogens with one attached hydrogen (secondary N) is 4. The highest BCUT2D eigenvalue weighted by Crippen LogP contribution is 2.30. The van der Waals surface area contributed by atoms with Crippen molar-refractivity contribution in [1.82, 2.24) is 31.1 Å². The Morgan fingerprint density at radius 1 is 0.446 bits per heavy atom. The van der Waals surface area contributed by atoms with Crippen molar-refractivity contribution in [3.8, 4) is 23.0 Å². The molecule has 18 heteroatoms. The Kier molecular flexibility index (Phi) is 24.9. The summed E-state index contributed by atoms with van der Waals surface area (Å²) in [6.07, 6.45) is 3.80. The standard InChI is InChI=1S/2C37H42N6O3/c38-37(39)40-22-11-20-34-36(45)43(26-33(27-12-4-1-5-13-27)28-14-6-2-7-15-28)23-21-30(42-34)25-41-35(44)29-16-10-19-32(24-29)46-31-17-8-3-9-18-31;38-37(39)40-23-10-17-34-36(45)43(26-33(27-11-4-1-5-12-27)28-13-6-2-7-14-28)24-22-30(42-34)25-41-35(44)29-18-20-32(21-19-29)46-31-15-8-3-9-16-31/h1-10,12-19,24,30,33-34,42H,11,20-23,25-26H2,(H,41,44)(H4,38,39,40);1-9,11-16,18-21,30,33-34,42H,10,17,22-26H2,(H,41,44)(H4,38,39,40)/t2*30-,34-/m00/s1. The minimum absolute atomic E-state index is 0.0234. The molecule has 0 aromatic heterocycles. The van der Waals surface area contributed by atoms with E-state index in [0.717, 1.165) is 28.0 Å². The number of amides is 4. The number of hydrogen-bond acceptors (Lipinski definition) is 10. The third-order valence-corrected chi connectivity index (χ3v) is 16.3. The van der Waals surface area contributed by atoms with Crippen LogP contribution in [0, 0.1) is 0 Å². The van der Waals surface area contributed by atoms with Gasteiger partial charge in [-0.2, -0.15) is 0 Å². The molecule has 2 saturated heterocycles. The Bertz CT molecular complexity index is 3540. The highest BCUT2D eigenvalue weighted by molar-refractivity contribution is 5.95. The smallest absolute Gasteiger partial charge is 0.251 e. The van der Waals surface area contributed by atoms with E-state index >= 15 is 0 Å². The van der Waals surface area contributed by atoms with Crippen LogP contribution in [0.25, 0.3) is 0 Å². The Hall–Kier alpha value is -10.3. The molecular weight excluding hydrogens is 1150 g/mol. The molecule has 2 fully saturated rings. The summed E-state index contributed by atoms with van der Waals surface area (Å²) in [6, 6.07) is 73.3. The SMILES string of the molecule is NC(N)=NCCC[C@@H]1N[C@H](CNC(=O)c2ccc(Oc3ccccc3)cc2)CCN(CC(c2ccccc2)c2ccccc2)C1=O.NC(N)=NCCC[C@@H]1N[C@H](CNC(=O)c2cccc(Oc3ccccc3)c2)CCN(CC(c2ccccc2)c2ccccc2)C1=O. The number of ether oxygens (including phenoxy) is 2. The van der Waals surface area contributed by atoms with E-state index in [1.807, 2.05) is 149 Å². The third-order valence-electron chi connectivity index (χ3n) is 16.3. The zero-order valence-electron chi connectivity index (χ0n) is 51.9. The first-order valence-electron chi connectivity index (χ1n) is 31.5. The minimum Gasteiger partial charge on any atom is -0.457 e. The zero-order valence-corrected chi connectivity index (χ0v) is 51.9. The molecule has 0 bridgehead atoms. The highest BCUT2D eigenvalue weighted by Gasteiger charge is 2.34. The van der Waals surface area contributed by atoms with E-state index in [0.29, 0.717) is 119 Å². The van der Waals surface area contributed by atoms with E-state index in [1.54, 1.807) is 42.5 Å². The average Bonchev–Trinajstić information content (AvgIpc) is 1.59. The van der Waals surface area contributed by atoms with Crippen LogP contribution in [0.15, 0.2) is 241 Å². The monoisotopic (exact) mass is 1240 g/mol. The number of nitrogens with two attached hydrogens (primary N) is 4. The molecule has 8 aromatic carbocycles. The maximum Gasteiger partial charge on any atom is 0.251 e. The van der Waals surface area contributed by atoms with Gasteiger partial charge in [0.15, 0.2) is 11.9 Å². The van der Waals surface area contributed by atoms with Crippen molar-refractivity contribution in [2.24, 2.45) is 32.9 Å². The maximum absolute atomic E-state index is 14.0. The molecule has 2 heterocycles. The molecule has 4 amide bonds. The number of nitrogens with zero attached hydrogens (tertiary/aromatic N) is 4. The van der Waals surface area contributed by atoms with E-state index in [1.165, 1.54) is 0 Å². The van der Waals surface area contributed by atoms with Crippen LogP contribution in [-0.4, -0.2) is 122 Å². The van der Waals surface area contributed by atoms with Gasteiger partial charge in [-0.3, -0.25) is 29.2 Å². The van der Waals surface area contributed by atoms with Gasteiger partial charge in [0.2, 0.25) is 11.8 Å². The summed E-state index contributed by atoms with van der Waals surface area (Å²) in [7, 11) is 0. The lowest BCUT2D eigenvalue weighted by Gasteiger charge is -2.29. The summed E-state index contributed by atoms with van der Waals surface area (Å²) in [5.41, 5.74) is 27.8. The van der Waals surface area contributed by atoms with Gasteiger partial charge in [-0.25, -0.2) is 0 Å². The number of carbonyl (C=O) groups is 4. The van der Waals surface area contributed by atoms with E-state index in [2.05, 4.69) is 79.8 Å². The number of rotatable bonds is 26. The van der Waals surface area contributed by atoms with Gasteiger partial charge < -0.3 is 63.5 Å². The molecule has 2 aliphatic rings. The zero-order chi connectivity index (χ0) is 64.3. The van der Waals surface area contributed by atoms with Crippen LogP contribution in [0.3, 0.4) is 0 Å². The molecule has 12 N–H and O–H groups in total. The molecule has 92 heavy (non-hydrogen) atoms. The lowest BCUT2D eigenvalue weighted by atomic mass is 9.90. The molecule has 0 aliphatic carbocycles. The van der Waals surface area contributed by atoms with Gasteiger partial charge in [0.1, 0.15) is 23.0 Å². The molecule has 18 nitrogen and oxygen atoms in total. The minimum atomic E-state index is -0.437. The van der Waals surface area contributed by atoms with Gasteiger partial charge in [0, 0.05) is 87.4 Å². The number of carbonyl (C=O) groups excluding carboxylic acids is 4. The summed E-state index contributed by atoms with van der Waals surface area (Å²) >= 11 is 0. The Morgan fingerprint density at radius 3 is 1.18 bits per heavy atom. The molecule has 0 saturated carbocycles. The van der Waals surface area contributed by atoms with Crippen LogP contribution in [0.2, 0.25) is 0 Å². The lowest BCUT2D eigenvalue weighted by molar-refractivity contribution is -0.133. The molecule has 476 valence electrons. The topological polar surface area (TPSA) is 270 Å². The number of para-hydroxylation sites is 2. The van der Waals surface area contributed by atoms with E-state index in [9.17, 15) is 19.2 Å². The second kappa shape index (κ2) is 34.6. The highest BCUT2D eigenvalue weighted by atomic mass is 16.5. The van der Waals surface area contributed by atoms with Crippen molar-refractivity contribution in [3.05, 3.63) is 264 Å². The van der Waals surface area contributed by atoms with Crippen LogP contribution in [-0.2, 0) is 9.59 Å². The van der Waals surface area contributed by atoms with Crippen molar-refractivity contribution in [2.45, 2.75) is 74.5 Å². The summed E-state index contributed by atoms with van der Waals surface area (Å²) in [5.74, 6) is 2.49. The summed E-state index contributed by atoms with van der Waals surface area (Å²) in [5, 5.41) is 13.2. The van der Waals surface area contributed by atoms with Gasteiger partial charge in [-0.15, -0.1) is 0 Å². The second-order valence-electron chi connectivity index (χ2n) is 22.9. The predicted octanol–water partition coefficient (Wildman–Crippen LogP) is 9.31. The second-order valence-corrected chi connectivity index (χ2v) is 22.9. The molecule has 4 atom stereocenters. The van der Waals surface area contributed by atoms with Crippen LogP contribution >= 0.6 is 0 Å². The largest absolute Gasteiger partial charge is 0.457 e. The Morgan fingerprint density at radius 2 is 0.793 bits per heavy atom. The van der Waals surface area contributed by atoms with Gasteiger partial charge in [0.25, 0.3) is 11.8 Å². The molecule has 0 unspecified atom stereocenters. The van der Waals surface area contributed by atoms with Gasteiger partial charge in [0.05, 0.1) is 12.1 Å². The van der Waals surface area contributed by atoms with E-state index in [-0.39, 0.29) is 59.5 Å². The first kappa shape index (κ1) is 66.1. The molecule has 0 spiro atoms. The van der Waals surface area contributed by atoms with Crippen LogP contribution in [0.1, 0.15) is 93.3 Å². The van der Waals surface area contributed by atoms with Crippen molar-refractivity contribution in [2.75, 3.05) is 52.4 Å². The van der Waals surface area contributed by atoms with Crippen molar-refractivity contribution < 1.29 is 28.7 Å². The molecule has 8 aromatic rings. The van der Waals surface area contributed by atoms with Crippen molar-refractivity contribution >= 4 is 35.5 Å². The van der Waals surface area contributed by atoms with Crippen molar-refractivity contribution in [3.63, 3.8) is 0 Å². The fourth-order valence-corrected chi connectivity index (χ4v) is 11.5. The number of hydrogen-bond donors (Lipinski definition) is 8. The van der Waals surface area contributed by atoms with Crippen LogP contribution < -0.4 is 53.7 Å². The fraction of sp³-hybridized carbons (Fsp3) is 0.270. The summed E-state index contributed by atoms with van der Waals surface area (Å²) in [4.78, 5) is 66.5. The normalized spacial score (nSPS) is 16.5. The van der Waals surface area contributed by atoms with Gasteiger partial charge in [-0.05, 0) is 128 Å². The predicted molar refractivity (Wildman–Crippen MR) is 364 cm³/mol. The van der Waals surface area contributed by atoms with Crippen molar-refractivity contribution in [1.29, 1.82) is 0 Å². The molecular formula is C74H84N12O6. The lowest BCUT2D eigenvalue weighted by Crippen LogP contribution is -2.49.